The van der Waals surface area contributed by atoms with Gasteiger partial charge in [0.15, 0.2) is 0 Å². The van der Waals surface area contributed by atoms with Crippen LogP contribution in [0.25, 0.3) is 0 Å². The fraction of sp³-hybridized carbons (Fsp3) is 0.250. The molecule has 0 aliphatic carbocycles. The average molecular weight is 130 g/mol. The van der Waals surface area contributed by atoms with Crippen molar-refractivity contribution in [3.8, 4) is 0 Å². The maximum absolute atomic E-state index is 10.5. The number of carbonyl (C=O) groups is 1. The summed E-state index contributed by atoms with van der Waals surface area (Å²) in [5, 5.41) is 0. The second-order valence-corrected chi connectivity index (χ2v) is 2.53. The van der Waals surface area contributed by atoms with E-state index in [-0.39, 0.29) is 12.1 Å². The third-order valence-corrected chi connectivity index (χ3v) is 2.10. The third-order valence-electron chi connectivity index (χ3n) is 1.10. The number of hydrogen-bond acceptors (Lipinski definition) is 3. The van der Waals surface area contributed by atoms with Gasteiger partial charge < -0.3 is 11.1 Å². The molecule has 0 radical (unpaired) electrons. The first-order valence-corrected chi connectivity index (χ1v) is 3.02. The monoisotopic (exact) mass is 130 g/mol. The van der Waals surface area contributed by atoms with Gasteiger partial charge >= 0.3 is 0 Å². The summed E-state index contributed by atoms with van der Waals surface area (Å²) in [5.74, 6) is 1.07. The van der Waals surface area contributed by atoms with Gasteiger partial charge in [0.25, 0.3) is 5.91 Å². The minimum atomic E-state index is 0. The maximum atomic E-state index is 10.5. The van der Waals surface area contributed by atoms with Crippen LogP contribution in [-0.4, -0.2) is 16.7 Å². The quantitative estimate of drug-likeness (QED) is 0.520. The van der Waals surface area contributed by atoms with E-state index < -0.39 is 0 Å². The molecule has 1 amide bonds. The molecule has 3 nitrogen and oxygen atoms in total. The van der Waals surface area contributed by atoms with Crippen molar-refractivity contribution in [3.63, 3.8) is 0 Å². The molecule has 1 saturated heterocycles. The molecule has 3 N–H and O–H groups in total. The molecule has 0 atom stereocenters. The van der Waals surface area contributed by atoms with E-state index in [1.807, 2.05) is 6.20 Å². The molecule has 0 aromatic rings. The van der Waals surface area contributed by atoms with Gasteiger partial charge in [-0.25, -0.2) is 0 Å². The van der Waals surface area contributed by atoms with E-state index in [9.17, 15) is 4.79 Å². The SMILES string of the molecule is N.O=C1C2=CN1CS2. The highest BCUT2D eigenvalue weighted by Crippen LogP contribution is 2.36. The first-order chi connectivity index (χ1) is 3.38. The van der Waals surface area contributed by atoms with Crippen LogP contribution in [0.1, 0.15) is 0 Å². The summed E-state index contributed by atoms with van der Waals surface area (Å²) in [6.07, 6.45) is 1.88. The summed E-state index contributed by atoms with van der Waals surface area (Å²) < 4.78 is 0. The number of rotatable bonds is 0. The van der Waals surface area contributed by atoms with Crippen LogP contribution in [-0.2, 0) is 4.79 Å². The number of nitrogens with zero attached hydrogens (tertiary/aromatic N) is 1. The van der Waals surface area contributed by atoms with Crippen LogP contribution >= 0.6 is 11.8 Å². The van der Waals surface area contributed by atoms with Crippen molar-refractivity contribution in [2.75, 3.05) is 5.88 Å². The topological polar surface area (TPSA) is 55.3 Å². The fourth-order valence-electron chi connectivity index (χ4n) is 0.665. The molecule has 0 aromatic carbocycles. The lowest BCUT2D eigenvalue weighted by Gasteiger charge is -2.12. The van der Waals surface area contributed by atoms with E-state index in [4.69, 9.17) is 0 Å². The Balaban J connectivity index is 0.000000320. The van der Waals surface area contributed by atoms with Gasteiger partial charge in [-0.15, -0.1) is 0 Å². The zero-order chi connectivity index (χ0) is 4.85. The van der Waals surface area contributed by atoms with Crippen molar-refractivity contribution in [1.29, 1.82) is 0 Å². The maximum Gasteiger partial charge on any atom is 0.266 e. The van der Waals surface area contributed by atoms with Crippen molar-refractivity contribution < 1.29 is 4.79 Å². The van der Waals surface area contributed by atoms with Crippen molar-refractivity contribution in [3.05, 3.63) is 11.1 Å². The smallest absolute Gasteiger partial charge is 0.266 e. The Labute approximate surface area is 51.3 Å². The first-order valence-electron chi connectivity index (χ1n) is 2.03. The van der Waals surface area contributed by atoms with Crippen LogP contribution in [0, 0.1) is 0 Å². The van der Waals surface area contributed by atoms with Gasteiger partial charge in [0.05, 0.1) is 10.8 Å². The van der Waals surface area contributed by atoms with Gasteiger partial charge in [-0.05, 0) is 0 Å². The van der Waals surface area contributed by atoms with Crippen molar-refractivity contribution in [2.45, 2.75) is 0 Å². The lowest BCUT2D eigenvalue weighted by molar-refractivity contribution is -0.125. The number of hydrogen-bond donors (Lipinski definition) is 1. The van der Waals surface area contributed by atoms with Gasteiger partial charge in [0.1, 0.15) is 0 Å². The Bertz CT molecular complexity index is 165. The van der Waals surface area contributed by atoms with E-state index in [0.29, 0.717) is 0 Å². The number of amides is 1. The first kappa shape index (κ1) is 5.65. The number of fused-ring (bicyclic) bond motifs is 1. The average Bonchev–Trinajstić information content (AvgIpc) is 2.18. The van der Waals surface area contributed by atoms with Gasteiger partial charge in [0.2, 0.25) is 0 Å². The van der Waals surface area contributed by atoms with Gasteiger partial charge in [-0.3, -0.25) is 4.79 Å². The van der Waals surface area contributed by atoms with Crippen LogP contribution in [0.3, 0.4) is 0 Å². The highest BCUT2D eigenvalue weighted by molar-refractivity contribution is 8.04. The molecule has 4 heteroatoms. The predicted octanol–water partition coefficient (Wildman–Crippen LogP) is 0.536. The zero-order valence-corrected chi connectivity index (χ0v) is 5.07. The predicted molar refractivity (Wildman–Crippen MR) is 32.4 cm³/mol. The van der Waals surface area contributed by atoms with Gasteiger partial charge in [-0.1, -0.05) is 11.8 Å². The molecule has 1 fully saturated rings. The van der Waals surface area contributed by atoms with Crippen LogP contribution in [0.4, 0.5) is 0 Å². The van der Waals surface area contributed by atoms with E-state index in [2.05, 4.69) is 0 Å². The van der Waals surface area contributed by atoms with Crippen LogP contribution in [0.15, 0.2) is 11.1 Å². The van der Waals surface area contributed by atoms with Crippen LogP contribution in [0.5, 0.6) is 0 Å². The minimum absolute atomic E-state index is 0. The summed E-state index contributed by atoms with van der Waals surface area (Å²) in [7, 11) is 0. The molecule has 2 bridgehead atoms. The number of carbonyl (C=O) groups excluding carboxylic acids is 1. The summed E-state index contributed by atoms with van der Waals surface area (Å²) in [6, 6.07) is 0. The van der Waals surface area contributed by atoms with Crippen LogP contribution < -0.4 is 6.15 Å². The van der Waals surface area contributed by atoms with E-state index in [1.54, 1.807) is 16.7 Å². The molecule has 0 aromatic heterocycles. The third kappa shape index (κ3) is 0.413. The molecule has 3 aliphatic rings. The summed E-state index contributed by atoms with van der Waals surface area (Å²) in [6.45, 7) is 0. The Kier molecular flexibility index (Phi) is 1.06. The summed E-state index contributed by atoms with van der Waals surface area (Å²) in [4.78, 5) is 13.1. The molecule has 3 aliphatic heterocycles. The summed E-state index contributed by atoms with van der Waals surface area (Å²) in [5.41, 5.74) is 0. The standard InChI is InChI=1S/C4H3NOS.H3N/c6-4-3-1-5(4)2-7-3;/h1H,2H2;1H3. The molecule has 0 spiro atoms. The Morgan fingerprint density at radius 3 is 2.62 bits per heavy atom. The van der Waals surface area contributed by atoms with Gasteiger partial charge in [0, 0.05) is 6.20 Å². The lowest BCUT2D eigenvalue weighted by atomic mass is 10.4. The molecule has 3 heterocycles. The second kappa shape index (κ2) is 1.50. The van der Waals surface area contributed by atoms with Crippen molar-refractivity contribution in [2.24, 2.45) is 0 Å². The molecule has 8 heavy (non-hydrogen) atoms. The van der Waals surface area contributed by atoms with Gasteiger partial charge in [-0.2, -0.15) is 0 Å². The van der Waals surface area contributed by atoms with Crippen molar-refractivity contribution >= 4 is 17.7 Å². The molecule has 0 saturated carbocycles. The van der Waals surface area contributed by atoms with E-state index in [0.717, 1.165) is 10.8 Å². The largest absolute Gasteiger partial charge is 0.344 e. The fourth-order valence-corrected chi connectivity index (χ4v) is 1.58. The lowest BCUT2D eigenvalue weighted by Crippen LogP contribution is -2.26. The minimum Gasteiger partial charge on any atom is -0.344 e. The zero-order valence-electron chi connectivity index (χ0n) is 4.26. The molecule has 3 rings (SSSR count). The Hall–Kier alpha value is -0.480. The molecule has 0 unspecified atom stereocenters. The molecule has 44 valence electrons. The molecular formula is C4H6N2OS. The van der Waals surface area contributed by atoms with Crippen LogP contribution in [0.2, 0.25) is 0 Å². The van der Waals surface area contributed by atoms with Crippen molar-refractivity contribution in [1.82, 2.24) is 11.1 Å². The second-order valence-electron chi connectivity index (χ2n) is 1.54. The van der Waals surface area contributed by atoms with E-state index >= 15 is 0 Å². The highest BCUT2D eigenvalue weighted by Gasteiger charge is 2.34. The van der Waals surface area contributed by atoms with E-state index in [1.165, 1.54) is 0 Å². The Morgan fingerprint density at radius 1 is 1.75 bits per heavy atom. The highest BCUT2D eigenvalue weighted by atomic mass is 32.2. The Morgan fingerprint density at radius 2 is 2.50 bits per heavy atom. The number of thioether (sulfide) groups is 1. The molecular weight excluding hydrogens is 124 g/mol. The normalized spacial score (nSPS) is 21.8. The summed E-state index contributed by atoms with van der Waals surface area (Å²) >= 11 is 1.62.